The number of nitro groups is 1. The number of alkyl halides is 3. The molecule has 9 heteroatoms. The molecule has 27 heavy (non-hydrogen) atoms. The molecule has 1 aromatic heterocycles. The first-order valence-electron chi connectivity index (χ1n) is 8.73. The standard InChI is InChI=1S/C18H20F3N3O3/c19-18(20,21)13-6-7-14(15(11-13)24(25)26)22-12-16(17-5-4-10-27-17)23-8-2-1-3-9-23/h4-7,10-11,16,22H,1-3,8-9,12H2/t16-/m0/s1. The van der Waals surface area contributed by atoms with Crippen molar-refractivity contribution < 1.29 is 22.5 Å². The van der Waals surface area contributed by atoms with Crippen LogP contribution in [-0.2, 0) is 6.18 Å². The van der Waals surface area contributed by atoms with E-state index in [1.54, 1.807) is 12.3 Å². The van der Waals surface area contributed by atoms with Crippen molar-refractivity contribution in [1.29, 1.82) is 0 Å². The Morgan fingerprint density at radius 1 is 1.22 bits per heavy atom. The van der Waals surface area contributed by atoms with Crippen molar-refractivity contribution in [3.63, 3.8) is 0 Å². The van der Waals surface area contributed by atoms with Crippen molar-refractivity contribution in [3.05, 3.63) is 58.0 Å². The van der Waals surface area contributed by atoms with Gasteiger partial charge in [-0.25, -0.2) is 0 Å². The maximum absolute atomic E-state index is 12.8. The number of nitrogens with one attached hydrogen (secondary N) is 1. The number of benzene rings is 1. The van der Waals surface area contributed by atoms with Crippen molar-refractivity contribution in [1.82, 2.24) is 4.90 Å². The molecule has 1 aromatic carbocycles. The van der Waals surface area contributed by atoms with Gasteiger partial charge in [-0.05, 0) is 50.2 Å². The lowest BCUT2D eigenvalue weighted by molar-refractivity contribution is -0.384. The minimum atomic E-state index is -4.63. The van der Waals surface area contributed by atoms with Gasteiger partial charge in [0.15, 0.2) is 0 Å². The summed E-state index contributed by atoms with van der Waals surface area (Å²) < 4.78 is 44.0. The van der Waals surface area contributed by atoms with Crippen LogP contribution in [0.3, 0.4) is 0 Å². The number of nitrogens with zero attached hydrogens (tertiary/aromatic N) is 2. The predicted octanol–water partition coefficient (Wildman–Crippen LogP) is 4.85. The number of piperidine rings is 1. The largest absolute Gasteiger partial charge is 0.468 e. The number of hydrogen-bond acceptors (Lipinski definition) is 5. The Morgan fingerprint density at radius 3 is 2.56 bits per heavy atom. The lowest BCUT2D eigenvalue weighted by Crippen LogP contribution is -2.37. The molecule has 146 valence electrons. The van der Waals surface area contributed by atoms with Crippen molar-refractivity contribution in [2.45, 2.75) is 31.5 Å². The summed E-state index contributed by atoms with van der Waals surface area (Å²) in [5.74, 6) is 0.721. The van der Waals surface area contributed by atoms with Crippen LogP contribution in [0.15, 0.2) is 41.0 Å². The van der Waals surface area contributed by atoms with Crippen LogP contribution in [0.2, 0.25) is 0 Å². The molecule has 0 spiro atoms. The summed E-state index contributed by atoms with van der Waals surface area (Å²) in [4.78, 5) is 12.7. The van der Waals surface area contributed by atoms with Gasteiger partial charge in [0.25, 0.3) is 5.69 Å². The average Bonchev–Trinajstić information content (AvgIpc) is 3.16. The Bertz CT molecular complexity index is 772. The third-order valence-corrected chi connectivity index (χ3v) is 4.71. The van der Waals surface area contributed by atoms with E-state index in [2.05, 4.69) is 10.2 Å². The van der Waals surface area contributed by atoms with E-state index < -0.39 is 22.4 Å². The Kier molecular flexibility index (Phi) is 5.69. The highest BCUT2D eigenvalue weighted by Gasteiger charge is 2.33. The normalized spacial score (nSPS) is 16.9. The second-order valence-corrected chi connectivity index (χ2v) is 6.50. The molecule has 0 saturated carbocycles. The maximum Gasteiger partial charge on any atom is 0.416 e. The Balaban J connectivity index is 1.81. The molecule has 1 aliphatic heterocycles. The minimum Gasteiger partial charge on any atom is -0.468 e. The third kappa shape index (κ3) is 4.60. The molecule has 1 fully saturated rings. The number of anilines is 1. The number of halogens is 3. The fraction of sp³-hybridized carbons (Fsp3) is 0.444. The molecule has 1 saturated heterocycles. The third-order valence-electron chi connectivity index (χ3n) is 4.71. The van der Waals surface area contributed by atoms with Gasteiger partial charge in [-0.15, -0.1) is 0 Å². The van der Waals surface area contributed by atoms with E-state index in [-0.39, 0.29) is 11.7 Å². The van der Waals surface area contributed by atoms with Crippen LogP contribution in [0.25, 0.3) is 0 Å². The molecular formula is C18H20F3N3O3. The highest BCUT2D eigenvalue weighted by Crippen LogP contribution is 2.35. The van der Waals surface area contributed by atoms with Gasteiger partial charge in [0.2, 0.25) is 0 Å². The number of likely N-dealkylation sites (tertiary alicyclic amines) is 1. The first-order chi connectivity index (χ1) is 12.9. The maximum atomic E-state index is 12.8. The van der Waals surface area contributed by atoms with E-state index in [0.29, 0.717) is 12.6 Å². The summed E-state index contributed by atoms with van der Waals surface area (Å²) >= 11 is 0. The molecule has 6 nitrogen and oxygen atoms in total. The zero-order valence-corrected chi connectivity index (χ0v) is 14.5. The van der Waals surface area contributed by atoms with Gasteiger partial charge in [0.05, 0.1) is 22.8 Å². The Labute approximate surface area is 154 Å². The van der Waals surface area contributed by atoms with Crippen LogP contribution in [-0.4, -0.2) is 29.5 Å². The van der Waals surface area contributed by atoms with Crippen molar-refractivity contribution in [3.8, 4) is 0 Å². The second kappa shape index (κ2) is 7.99. The Hall–Kier alpha value is -2.55. The second-order valence-electron chi connectivity index (χ2n) is 6.50. The van der Waals surface area contributed by atoms with Crippen LogP contribution in [0.5, 0.6) is 0 Å². The summed E-state index contributed by atoms with van der Waals surface area (Å²) in [6, 6.07) is 5.97. The predicted molar refractivity (Wildman–Crippen MR) is 93.5 cm³/mol. The monoisotopic (exact) mass is 383 g/mol. The molecule has 0 bridgehead atoms. The van der Waals surface area contributed by atoms with Crippen molar-refractivity contribution >= 4 is 11.4 Å². The minimum absolute atomic E-state index is 0.0570. The zero-order chi connectivity index (χ0) is 19.4. The molecule has 2 aromatic rings. The molecule has 1 atom stereocenters. The van der Waals surface area contributed by atoms with E-state index in [1.165, 1.54) is 0 Å². The van der Waals surface area contributed by atoms with E-state index in [9.17, 15) is 23.3 Å². The first kappa shape index (κ1) is 19.2. The lowest BCUT2D eigenvalue weighted by atomic mass is 10.1. The highest BCUT2D eigenvalue weighted by atomic mass is 19.4. The van der Waals surface area contributed by atoms with Gasteiger partial charge in [0, 0.05) is 12.6 Å². The van der Waals surface area contributed by atoms with Crippen molar-refractivity contribution in [2.75, 3.05) is 25.0 Å². The fourth-order valence-corrected chi connectivity index (χ4v) is 3.34. The lowest BCUT2D eigenvalue weighted by Gasteiger charge is -2.33. The van der Waals surface area contributed by atoms with Gasteiger partial charge in [-0.3, -0.25) is 15.0 Å². The molecule has 0 unspecified atom stereocenters. The molecule has 1 aliphatic rings. The molecule has 3 rings (SSSR count). The molecule has 0 radical (unpaired) electrons. The van der Waals surface area contributed by atoms with E-state index in [1.807, 2.05) is 6.07 Å². The van der Waals surface area contributed by atoms with Gasteiger partial charge in [0.1, 0.15) is 11.4 Å². The van der Waals surface area contributed by atoms with Gasteiger partial charge in [-0.2, -0.15) is 13.2 Å². The number of hydrogen-bond donors (Lipinski definition) is 1. The van der Waals surface area contributed by atoms with Crippen LogP contribution in [0.1, 0.15) is 36.6 Å². The molecule has 0 aliphatic carbocycles. The van der Waals surface area contributed by atoms with Gasteiger partial charge in [-0.1, -0.05) is 6.42 Å². The quantitative estimate of drug-likeness (QED) is 0.571. The Morgan fingerprint density at radius 2 is 1.96 bits per heavy atom. The first-order valence-corrected chi connectivity index (χ1v) is 8.73. The number of nitro benzene ring substituents is 1. The summed E-state index contributed by atoms with van der Waals surface area (Å²) in [6.07, 6.45) is 0.190. The average molecular weight is 383 g/mol. The van der Waals surface area contributed by atoms with E-state index in [0.717, 1.165) is 50.2 Å². The van der Waals surface area contributed by atoms with Crippen LogP contribution in [0.4, 0.5) is 24.5 Å². The highest BCUT2D eigenvalue weighted by molar-refractivity contribution is 5.63. The topological polar surface area (TPSA) is 71.5 Å². The van der Waals surface area contributed by atoms with E-state index >= 15 is 0 Å². The van der Waals surface area contributed by atoms with E-state index in [4.69, 9.17) is 4.42 Å². The number of rotatable bonds is 6. The fourth-order valence-electron chi connectivity index (χ4n) is 3.34. The number of furan rings is 1. The molecule has 1 N–H and O–H groups in total. The molecule has 2 heterocycles. The summed E-state index contributed by atoms with van der Waals surface area (Å²) in [5.41, 5.74) is -1.58. The van der Waals surface area contributed by atoms with Crippen molar-refractivity contribution in [2.24, 2.45) is 0 Å². The molecule has 0 amide bonds. The smallest absolute Gasteiger partial charge is 0.416 e. The summed E-state index contributed by atoms with van der Waals surface area (Å²) in [5, 5.41) is 14.2. The SMILES string of the molecule is O=[N+]([O-])c1cc(C(F)(F)F)ccc1NC[C@@H](c1ccco1)N1CCCCC1. The van der Waals surface area contributed by atoms with Gasteiger partial charge < -0.3 is 9.73 Å². The van der Waals surface area contributed by atoms with Crippen LogP contribution < -0.4 is 5.32 Å². The van der Waals surface area contributed by atoms with Gasteiger partial charge >= 0.3 is 6.18 Å². The summed E-state index contributed by atoms with van der Waals surface area (Å²) in [6.45, 7) is 2.05. The zero-order valence-electron chi connectivity index (χ0n) is 14.5. The molecular weight excluding hydrogens is 363 g/mol. The van der Waals surface area contributed by atoms with Crippen LogP contribution in [0, 0.1) is 10.1 Å². The van der Waals surface area contributed by atoms with Crippen LogP contribution >= 0.6 is 0 Å². The summed E-state index contributed by atoms with van der Waals surface area (Å²) in [7, 11) is 0.